The van der Waals surface area contributed by atoms with Gasteiger partial charge in [0, 0.05) is 18.1 Å². The molecule has 0 spiro atoms. The molecule has 0 amide bonds. The highest BCUT2D eigenvalue weighted by atomic mass is 79.9. The van der Waals surface area contributed by atoms with E-state index in [4.69, 9.17) is 0 Å². The Hall–Kier alpha value is -0.330. The molecule has 0 bridgehead atoms. The molecule has 1 aliphatic heterocycles. The smallest absolute Gasteiger partial charge is 0.210 e. The SMILES string of the molecule is CS(=O)(=O)NC1C=CC=CN1CCCCBr. The van der Waals surface area contributed by atoms with E-state index < -0.39 is 10.0 Å². The van der Waals surface area contributed by atoms with E-state index in [1.54, 1.807) is 0 Å². The number of sulfonamides is 1. The van der Waals surface area contributed by atoms with Gasteiger partial charge in [0.25, 0.3) is 0 Å². The fourth-order valence-corrected chi connectivity index (χ4v) is 2.51. The Morgan fingerprint density at radius 3 is 2.75 bits per heavy atom. The molecule has 1 rings (SSSR count). The Kier molecular flexibility index (Phi) is 5.51. The molecule has 0 aromatic rings. The first-order chi connectivity index (χ1) is 7.53. The molecule has 0 radical (unpaired) electrons. The van der Waals surface area contributed by atoms with Crippen molar-refractivity contribution in [3.05, 3.63) is 24.4 Å². The van der Waals surface area contributed by atoms with Gasteiger partial charge in [-0.25, -0.2) is 8.42 Å². The topological polar surface area (TPSA) is 49.4 Å². The molecule has 6 heteroatoms. The lowest BCUT2D eigenvalue weighted by Gasteiger charge is -2.30. The Morgan fingerprint density at radius 1 is 1.38 bits per heavy atom. The summed E-state index contributed by atoms with van der Waals surface area (Å²) in [5.41, 5.74) is 0. The van der Waals surface area contributed by atoms with Gasteiger partial charge in [-0.2, -0.15) is 4.72 Å². The molecule has 0 fully saturated rings. The van der Waals surface area contributed by atoms with Gasteiger partial charge in [0.15, 0.2) is 0 Å². The maximum atomic E-state index is 11.2. The van der Waals surface area contributed by atoms with Crippen molar-refractivity contribution in [3.8, 4) is 0 Å². The molecule has 92 valence electrons. The largest absolute Gasteiger partial charge is 0.358 e. The van der Waals surface area contributed by atoms with Gasteiger partial charge in [0.05, 0.1) is 6.26 Å². The van der Waals surface area contributed by atoms with E-state index in [9.17, 15) is 8.42 Å². The van der Waals surface area contributed by atoms with E-state index in [1.165, 1.54) is 6.26 Å². The highest BCUT2D eigenvalue weighted by Crippen LogP contribution is 2.09. The summed E-state index contributed by atoms with van der Waals surface area (Å²) >= 11 is 3.38. The number of nitrogens with one attached hydrogen (secondary N) is 1. The van der Waals surface area contributed by atoms with Crippen LogP contribution in [0.1, 0.15) is 12.8 Å². The second-order valence-corrected chi connectivity index (χ2v) is 6.27. The van der Waals surface area contributed by atoms with Gasteiger partial charge in [0.2, 0.25) is 10.0 Å². The van der Waals surface area contributed by atoms with Gasteiger partial charge in [-0.05, 0) is 25.0 Å². The summed E-state index contributed by atoms with van der Waals surface area (Å²) in [6.45, 7) is 0.847. The number of hydrogen-bond acceptors (Lipinski definition) is 3. The minimum absolute atomic E-state index is 0.254. The molecule has 1 aliphatic rings. The van der Waals surface area contributed by atoms with Crippen molar-refractivity contribution in [2.24, 2.45) is 0 Å². The van der Waals surface area contributed by atoms with Crippen molar-refractivity contribution in [2.45, 2.75) is 19.0 Å². The van der Waals surface area contributed by atoms with Crippen molar-refractivity contribution in [2.75, 3.05) is 18.1 Å². The Balaban J connectivity index is 2.52. The second kappa shape index (κ2) is 6.42. The molecular weight excluding hydrogens is 292 g/mol. The fraction of sp³-hybridized carbons (Fsp3) is 0.600. The molecular formula is C10H17BrN2O2S. The number of halogens is 1. The van der Waals surface area contributed by atoms with E-state index in [0.717, 1.165) is 24.7 Å². The van der Waals surface area contributed by atoms with Crippen LogP contribution >= 0.6 is 15.9 Å². The van der Waals surface area contributed by atoms with Crippen LogP contribution in [0.2, 0.25) is 0 Å². The van der Waals surface area contributed by atoms with Crippen LogP contribution < -0.4 is 4.72 Å². The van der Waals surface area contributed by atoms with Crippen molar-refractivity contribution in [1.82, 2.24) is 9.62 Å². The van der Waals surface area contributed by atoms with Gasteiger partial charge in [0.1, 0.15) is 6.17 Å². The predicted octanol–water partition coefficient (Wildman–Crippen LogP) is 1.42. The number of unbranched alkanes of at least 4 members (excludes halogenated alkanes) is 1. The highest BCUT2D eigenvalue weighted by molar-refractivity contribution is 9.09. The zero-order chi connectivity index (χ0) is 12.0. The number of allylic oxidation sites excluding steroid dienone is 2. The average Bonchev–Trinajstić information content (AvgIpc) is 2.19. The summed E-state index contributed by atoms with van der Waals surface area (Å²) in [6.07, 6.45) is 10.6. The number of alkyl halides is 1. The summed E-state index contributed by atoms with van der Waals surface area (Å²) < 4.78 is 24.9. The summed E-state index contributed by atoms with van der Waals surface area (Å²) in [6, 6.07) is 0. The first kappa shape index (κ1) is 13.7. The van der Waals surface area contributed by atoms with Crippen LogP contribution in [0.25, 0.3) is 0 Å². The molecule has 1 atom stereocenters. The first-order valence-electron chi connectivity index (χ1n) is 5.17. The quantitative estimate of drug-likeness (QED) is 0.596. The zero-order valence-corrected chi connectivity index (χ0v) is 11.7. The van der Waals surface area contributed by atoms with E-state index in [-0.39, 0.29) is 6.17 Å². The van der Waals surface area contributed by atoms with Crippen LogP contribution in [0, 0.1) is 0 Å². The Morgan fingerprint density at radius 2 is 2.12 bits per heavy atom. The van der Waals surface area contributed by atoms with Crippen molar-refractivity contribution in [1.29, 1.82) is 0 Å². The third kappa shape index (κ3) is 5.14. The lowest BCUT2D eigenvalue weighted by molar-refractivity contribution is 0.298. The lowest BCUT2D eigenvalue weighted by Crippen LogP contribution is -2.45. The van der Waals surface area contributed by atoms with Crippen LogP contribution in [0.5, 0.6) is 0 Å². The van der Waals surface area contributed by atoms with E-state index in [0.29, 0.717) is 0 Å². The van der Waals surface area contributed by atoms with Crippen molar-refractivity contribution in [3.63, 3.8) is 0 Å². The number of rotatable bonds is 6. The van der Waals surface area contributed by atoms with Gasteiger partial charge in [-0.15, -0.1) is 0 Å². The van der Waals surface area contributed by atoms with Gasteiger partial charge in [-0.3, -0.25) is 0 Å². The van der Waals surface area contributed by atoms with E-state index in [1.807, 2.05) is 29.3 Å². The molecule has 0 saturated heterocycles. The lowest BCUT2D eigenvalue weighted by atomic mass is 10.2. The summed E-state index contributed by atoms with van der Waals surface area (Å²) in [4.78, 5) is 1.99. The average molecular weight is 309 g/mol. The normalized spacial score (nSPS) is 20.4. The molecule has 4 nitrogen and oxygen atoms in total. The third-order valence-corrected chi connectivity index (χ3v) is 3.40. The van der Waals surface area contributed by atoms with Crippen LogP contribution in [0.4, 0.5) is 0 Å². The summed E-state index contributed by atoms with van der Waals surface area (Å²) in [5, 5.41) is 0.977. The van der Waals surface area contributed by atoms with Crippen LogP contribution in [0.3, 0.4) is 0 Å². The summed E-state index contributed by atoms with van der Waals surface area (Å²) in [7, 11) is -3.17. The third-order valence-electron chi connectivity index (χ3n) is 2.17. The maximum absolute atomic E-state index is 11.2. The van der Waals surface area contributed by atoms with E-state index in [2.05, 4.69) is 20.7 Å². The predicted molar refractivity (Wildman–Crippen MR) is 69.8 cm³/mol. The summed E-state index contributed by atoms with van der Waals surface area (Å²) in [5.74, 6) is 0. The van der Waals surface area contributed by atoms with E-state index >= 15 is 0 Å². The molecule has 1 N–H and O–H groups in total. The van der Waals surface area contributed by atoms with Gasteiger partial charge >= 0.3 is 0 Å². The number of hydrogen-bond donors (Lipinski definition) is 1. The molecule has 0 saturated carbocycles. The van der Waals surface area contributed by atoms with Gasteiger partial charge in [-0.1, -0.05) is 22.0 Å². The fourth-order valence-electron chi connectivity index (χ4n) is 1.46. The standard InChI is InChI=1S/C10H17BrN2O2S/c1-16(14,15)12-10-6-2-4-8-13(10)9-5-3-7-11/h2,4,6,8,10,12H,3,5,7,9H2,1H3. The van der Waals surface area contributed by atoms with Crippen molar-refractivity contribution < 1.29 is 8.42 Å². The van der Waals surface area contributed by atoms with Crippen LogP contribution in [-0.4, -0.2) is 37.6 Å². The molecule has 16 heavy (non-hydrogen) atoms. The molecule has 1 unspecified atom stereocenters. The minimum Gasteiger partial charge on any atom is -0.358 e. The Labute approximate surface area is 106 Å². The molecule has 0 aromatic carbocycles. The second-order valence-electron chi connectivity index (χ2n) is 3.70. The highest BCUT2D eigenvalue weighted by Gasteiger charge is 2.17. The molecule has 1 heterocycles. The first-order valence-corrected chi connectivity index (χ1v) is 8.18. The van der Waals surface area contributed by atoms with Crippen molar-refractivity contribution >= 4 is 26.0 Å². The maximum Gasteiger partial charge on any atom is 0.210 e. The minimum atomic E-state index is -3.17. The van der Waals surface area contributed by atoms with Crippen LogP contribution in [-0.2, 0) is 10.0 Å². The van der Waals surface area contributed by atoms with Gasteiger partial charge < -0.3 is 4.90 Å². The Bertz CT molecular complexity index is 365. The zero-order valence-electron chi connectivity index (χ0n) is 9.27. The monoisotopic (exact) mass is 308 g/mol. The molecule has 0 aromatic heterocycles. The molecule has 0 aliphatic carbocycles. The number of nitrogens with zero attached hydrogens (tertiary/aromatic N) is 1. The van der Waals surface area contributed by atoms with Crippen LogP contribution in [0.15, 0.2) is 24.4 Å².